The van der Waals surface area contributed by atoms with Gasteiger partial charge in [0.15, 0.2) is 14.9 Å². The Kier molecular flexibility index (Phi) is 2.67. The molecule has 0 spiro atoms. The SMILES string of the molecule is CCS(=O)(=O)c1nccc2c(Cl)cn(C)c12. The lowest BCUT2D eigenvalue weighted by Gasteiger charge is -2.04. The maximum Gasteiger partial charge on any atom is 0.197 e. The maximum absolute atomic E-state index is 11.9. The summed E-state index contributed by atoms with van der Waals surface area (Å²) in [5.74, 6) is 0.0297. The van der Waals surface area contributed by atoms with E-state index in [1.54, 1.807) is 30.8 Å². The molecule has 0 saturated carbocycles. The van der Waals surface area contributed by atoms with Gasteiger partial charge in [0.05, 0.1) is 16.3 Å². The van der Waals surface area contributed by atoms with Crippen molar-refractivity contribution in [2.75, 3.05) is 5.75 Å². The van der Waals surface area contributed by atoms with Crippen LogP contribution in [0.5, 0.6) is 0 Å². The third kappa shape index (κ3) is 1.60. The average molecular weight is 259 g/mol. The van der Waals surface area contributed by atoms with Gasteiger partial charge in [-0.05, 0) is 6.07 Å². The van der Waals surface area contributed by atoms with E-state index < -0.39 is 9.84 Å². The Hall–Kier alpha value is -1.07. The summed E-state index contributed by atoms with van der Waals surface area (Å²) in [7, 11) is -1.57. The van der Waals surface area contributed by atoms with Crippen LogP contribution in [0.15, 0.2) is 23.5 Å². The predicted octanol–water partition coefficient (Wildman–Crippen LogP) is 2.02. The Balaban J connectivity index is 2.92. The van der Waals surface area contributed by atoms with Crippen LogP contribution in [0.1, 0.15) is 6.92 Å². The first-order valence-corrected chi connectivity index (χ1v) is 6.82. The number of halogens is 1. The fourth-order valence-corrected chi connectivity index (χ4v) is 2.98. The first-order valence-electron chi connectivity index (χ1n) is 4.79. The second-order valence-corrected chi connectivity index (χ2v) is 6.10. The summed E-state index contributed by atoms with van der Waals surface area (Å²) in [6.07, 6.45) is 3.15. The fraction of sp³-hybridized carbons (Fsp3) is 0.300. The molecule has 0 atom stereocenters. The molecule has 2 heterocycles. The van der Waals surface area contributed by atoms with Crippen molar-refractivity contribution in [1.82, 2.24) is 9.55 Å². The van der Waals surface area contributed by atoms with Gasteiger partial charge in [-0.1, -0.05) is 18.5 Å². The van der Waals surface area contributed by atoms with Crippen molar-refractivity contribution in [3.8, 4) is 0 Å². The molecular weight excluding hydrogens is 248 g/mol. The molecule has 16 heavy (non-hydrogen) atoms. The second-order valence-electron chi connectivity index (χ2n) is 3.50. The Morgan fingerprint density at radius 3 is 2.81 bits per heavy atom. The average Bonchev–Trinajstić information content (AvgIpc) is 2.55. The van der Waals surface area contributed by atoms with Crippen molar-refractivity contribution in [3.05, 3.63) is 23.5 Å². The molecule has 2 aromatic heterocycles. The second kappa shape index (κ2) is 3.75. The Morgan fingerprint density at radius 2 is 2.19 bits per heavy atom. The zero-order chi connectivity index (χ0) is 11.9. The molecule has 0 radical (unpaired) electrons. The van der Waals surface area contributed by atoms with Gasteiger partial charge in [0.25, 0.3) is 0 Å². The first kappa shape index (κ1) is 11.4. The van der Waals surface area contributed by atoms with Crippen molar-refractivity contribution < 1.29 is 8.42 Å². The van der Waals surface area contributed by atoms with Gasteiger partial charge in [0, 0.05) is 24.8 Å². The lowest BCUT2D eigenvalue weighted by atomic mass is 10.3. The van der Waals surface area contributed by atoms with Gasteiger partial charge in [0.1, 0.15) is 0 Å². The van der Waals surface area contributed by atoms with Crippen LogP contribution in [0.25, 0.3) is 10.9 Å². The van der Waals surface area contributed by atoms with Crippen molar-refractivity contribution >= 4 is 32.3 Å². The molecule has 0 unspecified atom stereocenters. The molecule has 0 aliphatic carbocycles. The summed E-state index contributed by atoms with van der Waals surface area (Å²) in [6.45, 7) is 1.60. The predicted molar refractivity (Wildman–Crippen MR) is 63.5 cm³/mol. The van der Waals surface area contributed by atoms with Gasteiger partial charge >= 0.3 is 0 Å². The lowest BCUT2D eigenvalue weighted by molar-refractivity contribution is 0.594. The molecule has 86 valence electrons. The van der Waals surface area contributed by atoms with Gasteiger partial charge < -0.3 is 4.57 Å². The van der Waals surface area contributed by atoms with Crippen LogP contribution in [0, 0.1) is 0 Å². The maximum atomic E-state index is 11.9. The van der Waals surface area contributed by atoms with E-state index >= 15 is 0 Å². The minimum Gasteiger partial charge on any atom is -0.347 e. The van der Waals surface area contributed by atoms with Crippen molar-refractivity contribution in [2.24, 2.45) is 7.05 Å². The Labute approximate surface area is 98.8 Å². The van der Waals surface area contributed by atoms with E-state index in [1.807, 2.05) is 0 Å². The van der Waals surface area contributed by atoms with E-state index in [4.69, 9.17) is 11.6 Å². The lowest BCUT2D eigenvalue weighted by Crippen LogP contribution is -2.08. The van der Waals surface area contributed by atoms with E-state index in [9.17, 15) is 8.42 Å². The third-order valence-corrected chi connectivity index (χ3v) is 4.43. The van der Waals surface area contributed by atoms with E-state index in [1.165, 1.54) is 6.20 Å². The molecule has 0 aliphatic rings. The van der Waals surface area contributed by atoms with Gasteiger partial charge in [0.2, 0.25) is 0 Å². The van der Waals surface area contributed by atoms with E-state index in [2.05, 4.69) is 4.98 Å². The van der Waals surface area contributed by atoms with Gasteiger partial charge in [-0.3, -0.25) is 0 Å². The summed E-state index contributed by atoms with van der Waals surface area (Å²) >= 11 is 6.00. The number of nitrogens with zero attached hydrogens (tertiary/aromatic N) is 2. The largest absolute Gasteiger partial charge is 0.347 e. The number of aromatic nitrogens is 2. The number of hydrogen-bond acceptors (Lipinski definition) is 3. The first-order chi connectivity index (χ1) is 7.47. The molecule has 2 rings (SSSR count). The highest BCUT2D eigenvalue weighted by Gasteiger charge is 2.20. The normalized spacial score (nSPS) is 12.2. The van der Waals surface area contributed by atoms with E-state index in [0.717, 1.165) is 0 Å². The molecule has 0 aromatic carbocycles. The summed E-state index contributed by atoms with van der Waals surface area (Å²) in [5, 5.41) is 1.35. The van der Waals surface area contributed by atoms with Gasteiger partial charge in [-0.25, -0.2) is 13.4 Å². The van der Waals surface area contributed by atoms with Gasteiger partial charge in [-0.2, -0.15) is 0 Å². The summed E-state index contributed by atoms with van der Waals surface area (Å²) in [4.78, 5) is 3.96. The van der Waals surface area contributed by atoms with Crippen molar-refractivity contribution in [3.63, 3.8) is 0 Å². The highest BCUT2D eigenvalue weighted by Crippen LogP contribution is 2.28. The van der Waals surface area contributed by atoms with Crippen molar-refractivity contribution in [1.29, 1.82) is 0 Å². The zero-order valence-electron chi connectivity index (χ0n) is 8.94. The smallest absolute Gasteiger partial charge is 0.197 e. The standard InChI is InChI=1S/C10H11ClN2O2S/c1-3-16(14,15)10-9-7(4-5-12-10)8(11)6-13(9)2/h4-6H,3H2,1-2H3. The minimum atomic E-state index is -3.32. The van der Waals surface area contributed by atoms with Crippen molar-refractivity contribution in [2.45, 2.75) is 11.9 Å². The monoisotopic (exact) mass is 258 g/mol. The highest BCUT2D eigenvalue weighted by atomic mass is 35.5. The van der Waals surface area contributed by atoms with Crippen LogP contribution in [0.2, 0.25) is 5.02 Å². The molecule has 0 saturated heterocycles. The number of pyridine rings is 1. The summed E-state index contributed by atoms with van der Waals surface area (Å²) in [6, 6.07) is 1.71. The van der Waals surface area contributed by atoms with E-state index in [0.29, 0.717) is 15.9 Å². The molecule has 2 aromatic rings. The topological polar surface area (TPSA) is 52.0 Å². The number of aryl methyl sites for hydroxylation is 1. The van der Waals surface area contributed by atoms with E-state index in [-0.39, 0.29) is 10.8 Å². The Morgan fingerprint density at radius 1 is 1.50 bits per heavy atom. The summed E-state index contributed by atoms with van der Waals surface area (Å²) in [5.41, 5.74) is 0.564. The molecular formula is C10H11ClN2O2S. The van der Waals surface area contributed by atoms with Gasteiger partial charge in [-0.15, -0.1) is 0 Å². The number of fused-ring (bicyclic) bond motifs is 1. The minimum absolute atomic E-state index is 0.0297. The van der Waals surface area contributed by atoms with Crippen LogP contribution >= 0.6 is 11.6 Å². The fourth-order valence-electron chi connectivity index (χ4n) is 1.64. The number of hydrogen-bond donors (Lipinski definition) is 0. The van der Waals surface area contributed by atoms with Crippen LogP contribution in [0.4, 0.5) is 0 Å². The third-order valence-electron chi connectivity index (χ3n) is 2.48. The molecule has 0 bridgehead atoms. The molecule has 0 amide bonds. The molecule has 0 N–H and O–H groups in total. The van der Waals surface area contributed by atoms with Crippen LogP contribution in [0.3, 0.4) is 0 Å². The summed E-state index contributed by atoms with van der Waals surface area (Å²) < 4.78 is 25.4. The Bertz CT molecular complexity index is 646. The van der Waals surface area contributed by atoms with Crippen LogP contribution in [-0.2, 0) is 16.9 Å². The quantitative estimate of drug-likeness (QED) is 0.828. The highest BCUT2D eigenvalue weighted by molar-refractivity contribution is 7.91. The van der Waals surface area contributed by atoms with Crippen LogP contribution in [-0.4, -0.2) is 23.7 Å². The molecule has 4 nitrogen and oxygen atoms in total. The molecule has 6 heteroatoms. The number of sulfone groups is 1. The zero-order valence-corrected chi connectivity index (χ0v) is 10.5. The van der Waals surface area contributed by atoms with Crippen LogP contribution < -0.4 is 0 Å². The number of rotatable bonds is 2. The molecule has 0 fully saturated rings. The molecule has 0 aliphatic heterocycles.